The Kier molecular flexibility index (Phi) is 4.93. The Morgan fingerprint density at radius 2 is 1.82 bits per heavy atom. The molecule has 0 aliphatic carbocycles. The van der Waals surface area contributed by atoms with Crippen LogP contribution in [-0.4, -0.2) is 10.9 Å². The number of alkyl halides is 3. The van der Waals surface area contributed by atoms with Gasteiger partial charge in [0.25, 0.3) is 0 Å². The lowest BCUT2D eigenvalue weighted by Crippen LogP contribution is -2.23. The fraction of sp³-hybridized carbons (Fsp3) is 0.333. The van der Waals surface area contributed by atoms with Gasteiger partial charge in [0.05, 0.1) is 5.56 Å². The number of hydrogen-bond acceptors (Lipinski definition) is 3. The Labute approximate surface area is 130 Å². The van der Waals surface area contributed by atoms with Crippen LogP contribution in [0.1, 0.15) is 31.9 Å². The van der Waals surface area contributed by atoms with Crippen molar-refractivity contribution in [1.82, 2.24) is 0 Å². The molecule has 0 saturated carbocycles. The third-order valence-electron chi connectivity index (χ3n) is 2.80. The van der Waals surface area contributed by atoms with Gasteiger partial charge in [0.15, 0.2) is 5.78 Å². The van der Waals surface area contributed by atoms with Gasteiger partial charge in [0, 0.05) is 16.0 Å². The molecule has 0 radical (unpaired) electrons. The summed E-state index contributed by atoms with van der Waals surface area (Å²) in [6.45, 7) is 4.48. The number of aliphatic hydroxyl groups is 1. The first-order valence-electron chi connectivity index (χ1n) is 6.15. The first-order valence-corrected chi connectivity index (χ1v) is 6.52. The van der Waals surface area contributed by atoms with E-state index >= 15 is 0 Å². The third-order valence-corrected chi connectivity index (χ3v) is 3.03. The zero-order chi connectivity index (χ0) is 17.3. The van der Waals surface area contributed by atoms with Crippen molar-refractivity contribution in [1.29, 1.82) is 5.26 Å². The van der Waals surface area contributed by atoms with E-state index in [4.69, 9.17) is 16.9 Å². The maximum absolute atomic E-state index is 13.0. The highest BCUT2D eigenvalue weighted by Gasteiger charge is 2.36. The van der Waals surface area contributed by atoms with Crippen LogP contribution >= 0.6 is 11.6 Å². The average Bonchev–Trinajstić information content (AvgIpc) is 2.37. The maximum Gasteiger partial charge on any atom is 0.417 e. The van der Waals surface area contributed by atoms with Gasteiger partial charge in [-0.1, -0.05) is 32.4 Å². The van der Waals surface area contributed by atoms with Crippen molar-refractivity contribution in [2.24, 2.45) is 5.41 Å². The Morgan fingerprint density at radius 3 is 2.23 bits per heavy atom. The van der Waals surface area contributed by atoms with Crippen LogP contribution < -0.4 is 0 Å². The minimum Gasteiger partial charge on any atom is -0.506 e. The number of carbonyl (C=O) groups is 1. The molecule has 0 spiro atoms. The van der Waals surface area contributed by atoms with E-state index in [1.807, 2.05) is 0 Å². The van der Waals surface area contributed by atoms with Crippen molar-refractivity contribution in [3.05, 3.63) is 39.9 Å². The summed E-state index contributed by atoms with van der Waals surface area (Å²) in [6, 6.07) is 4.17. The van der Waals surface area contributed by atoms with Gasteiger partial charge in [-0.2, -0.15) is 18.4 Å². The fourth-order valence-electron chi connectivity index (χ4n) is 1.68. The molecule has 0 fully saturated rings. The first-order chi connectivity index (χ1) is 9.89. The molecule has 3 nitrogen and oxygen atoms in total. The van der Waals surface area contributed by atoms with Gasteiger partial charge >= 0.3 is 6.18 Å². The largest absolute Gasteiger partial charge is 0.506 e. The molecule has 1 aromatic carbocycles. The Morgan fingerprint density at radius 1 is 1.27 bits per heavy atom. The van der Waals surface area contributed by atoms with E-state index in [2.05, 4.69) is 0 Å². The normalized spacial score (nSPS) is 13.4. The third kappa shape index (κ3) is 3.80. The van der Waals surface area contributed by atoms with Crippen LogP contribution in [0.25, 0.3) is 5.76 Å². The van der Waals surface area contributed by atoms with Gasteiger partial charge < -0.3 is 5.11 Å². The van der Waals surface area contributed by atoms with Crippen LogP contribution in [0.5, 0.6) is 0 Å². The van der Waals surface area contributed by atoms with E-state index in [1.165, 1.54) is 26.8 Å². The number of halogens is 4. The molecule has 0 aliphatic rings. The van der Waals surface area contributed by atoms with Crippen molar-refractivity contribution in [3.8, 4) is 6.07 Å². The van der Waals surface area contributed by atoms with Crippen molar-refractivity contribution in [3.63, 3.8) is 0 Å². The quantitative estimate of drug-likeness (QED) is 0.482. The number of allylic oxidation sites excluding steroid dienone is 1. The minimum atomic E-state index is -4.79. The van der Waals surface area contributed by atoms with Crippen molar-refractivity contribution >= 4 is 23.1 Å². The van der Waals surface area contributed by atoms with Crippen molar-refractivity contribution < 1.29 is 23.1 Å². The van der Waals surface area contributed by atoms with Gasteiger partial charge in [-0.05, 0) is 18.2 Å². The summed E-state index contributed by atoms with van der Waals surface area (Å²) < 4.78 is 39.1. The lowest BCUT2D eigenvalue weighted by Gasteiger charge is -2.18. The minimum absolute atomic E-state index is 0.176. The maximum atomic E-state index is 13.0. The highest BCUT2D eigenvalue weighted by atomic mass is 35.5. The molecule has 0 heterocycles. The molecular weight excluding hydrogens is 319 g/mol. The molecular formula is C15H13ClF3NO2. The zero-order valence-corrected chi connectivity index (χ0v) is 12.8. The fourth-order valence-corrected chi connectivity index (χ4v) is 1.85. The predicted octanol–water partition coefficient (Wildman–Crippen LogP) is 4.77. The zero-order valence-electron chi connectivity index (χ0n) is 12.0. The van der Waals surface area contributed by atoms with E-state index in [-0.39, 0.29) is 5.02 Å². The van der Waals surface area contributed by atoms with Crippen LogP contribution in [-0.2, 0) is 11.0 Å². The Hall–Kier alpha value is -2.00. The number of rotatable bonds is 2. The molecule has 22 heavy (non-hydrogen) atoms. The average molecular weight is 332 g/mol. The summed E-state index contributed by atoms with van der Waals surface area (Å²) in [6.07, 6.45) is -4.79. The smallest absolute Gasteiger partial charge is 0.417 e. The molecule has 0 aromatic heterocycles. The molecule has 0 unspecified atom stereocenters. The Bertz CT molecular complexity index is 679. The summed E-state index contributed by atoms with van der Waals surface area (Å²) in [5.74, 6) is -1.76. The van der Waals surface area contributed by atoms with Crippen LogP contribution in [0.4, 0.5) is 13.2 Å². The molecule has 0 saturated heterocycles. The van der Waals surface area contributed by atoms with Gasteiger partial charge in [-0.15, -0.1) is 0 Å². The van der Waals surface area contributed by atoms with Gasteiger partial charge in [-0.3, -0.25) is 4.79 Å². The van der Waals surface area contributed by atoms with E-state index in [0.29, 0.717) is 6.07 Å². The molecule has 1 rings (SSSR count). The van der Waals surface area contributed by atoms with E-state index < -0.39 is 39.8 Å². The number of ketones is 1. The lowest BCUT2D eigenvalue weighted by atomic mass is 9.85. The first kappa shape index (κ1) is 18.1. The molecule has 0 atom stereocenters. The molecule has 0 aliphatic heterocycles. The van der Waals surface area contributed by atoms with Gasteiger partial charge in [0.1, 0.15) is 17.4 Å². The molecule has 0 amide bonds. The highest BCUT2D eigenvalue weighted by Crippen LogP contribution is 2.37. The molecule has 0 bridgehead atoms. The predicted molar refractivity (Wildman–Crippen MR) is 76.1 cm³/mol. The van der Waals surface area contributed by atoms with Crippen LogP contribution in [0, 0.1) is 16.7 Å². The number of Topliss-reactive ketones (excluding diaryl/α,β-unsaturated/α-hetero) is 1. The van der Waals surface area contributed by atoms with Crippen molar-refractivity contribution in [2.45, 2.75) is 26.9 Å². The second kappa shape index (κ2) is 6.01. The van der Waals surface area contributed by atoms with Gasteiger partial charge in [0.2, 0.25) is 0 Å². The van der Waals surface area contributed by atoms with E-state index in [0.717, 1.165) is 12.1 Å². The van der Waals surface area contributed by atoms with Crippen LogP contribution in [0.15, 0.2) is 23.8 Å². The summed E-state index contributed by atoms with van der Waals surface area (Å²) >= 11 is 5.55. The SMILES string of the molecule is CC(C)(C)C(=O)C(C#N)=C(O)c1ccc(Cl)cc1C(F)(F)F. The highest BCUT2D eigenvalue weighted by molar-refractivity contribution is 6.30. The number of carbonyl (C=O) groups excluding carboxylic acids is 1. The summed E-state index contributed by atoms with van der Waals surface area (Å²) in [4.78, 5) is 12.1. The van der Waals surface area contributed by atoms with Crippen LogP contribution in [0.3, 0.4) is 0 Å². The topological polar surface area (TPSA) is 61.1 Å². The molecule has 1 aromatic rings. The molecule has 118 valence electrons. The van der Waals surface area contributed by atoms with E-state index in [9.17, 15) is 23.1 Å². The number of benzene rings is 1. The molecule has 7 heteroatoms. The number of nitrogens with zero attached hydrogens (tertiary/aromatic N) is 1. The Balaban J connectivity index is 3.64. The summed E-state index contributed by atoms with van der Waals surface area (Å²) in [5, 5.41) is 18.9. The second-order valence-corrected chi connectivity index (χ2v) is 6.04. The molecule has 1 N–H and O–H groups in total. The standard InChI is InChI=1S/C15H13ClF3NO2/c1-14(2,3)13(22)10(7-20)12(21)9-5-4-8(16)6-11(9)15(17,18)19/h4-6,21H,1-3H3. The summed E-state index contributed by atoms with van der Waals surface area (Å²) in [5.41, 5.74) is -3.62. The van der Waals surface area contributed by atoms with Gasteiger partial charge in [-0.25, -0.2) is 0 Å². The lowest BCUT2D eigenvalue weighted by molar-refractivity contribution is -0.138. The van der Waals surface area contributed by atoms with Crippen LogP contribution in [0.2, 0.25) is 5.02 Å². The number of nitriles is 1. The second-order valence-electron chi connectivity index (χ2n) is 5.60. The monoisotopic (exact) mass is 331 g/mol. The number of hydrogen-bond donors (Lipinski definition) is 1. The number of aliphatic hydroxyl groups excluding tert-OH is 1. The van der Waals surface area contributed by atoms with E-state index in [1.54, 1.807) is 0 Å². The summed E-state index contributed by atoms with van der Waals surface area (Å²) in [7, 11) is 0. The van der Waals surface area contributed by atoms with Crippen molar-refractivity contribution in [2.75, 3.05) is 0 Å².